The van der Waals surface area contributed by atoms with Crippen molar-refractivity contribution >= 4 is 21.9 Å². The standard InChI is InChI=1S/C12H20BrN3O2/c1-5-9-12(13)10(16(4)14-9)7-15(3)8-11(17)18-6-2/h5-8H2,1-4H3. The fourth-order valence-corrected chi connectivity index (χ4v) is 2.47. The molecule has 6 heteroatoms. The van der Waals surface area contributed by atoms with E-state index in [0.717, 1.165) is 22.3 Å². The van der Waals surface area contributed by atoms with Gasteiger partial charge in [-0.1, -0.05) is 6.92 Å². The Kier molecular flexibility index (Phi) is 5.81. The first-order valence-electron chi connectivity index (χ1n) is 6.03. The lowest BCUT2D eigenvalue weighted by Gasteiger charge is -2.15. The fourth-order valence-electron chi connectivity index (χ4n) is 1.73. The van der Waals surface area contributed by atoms with Gasteiger partial charge in [-0.2, -0.15) is 5.10 Å². The van der Waals surface area contributed by atoms with Crippen LogP contribution >= 0.6 is 15.9 Å². The zero-order valence-corrected chi connectivity index (χ0v) is 13.0. The van der Waals surface area contributed by atoms with Gasteiger partial charge in [0.25, 0.3) is 0 Å². The van der Waals surface area contributed by atoms with Gasteiger partial charge in [0.05, 0.1) is 29.0 Å². The maximum atomic E-state index is 11.4. The van der Waals surface area contributed by atoms with E-state index >= 15 is 0 Å². The van der Waals surface area contributed by atoms with Gasteiger partial charge in [0.15, 0.2) is 0 Å². The molecular weight excluding hydrogens is 298 g/mol. The van der Waals surface area contributed by atoms with Crippen LogP contribution in [0, 0.1) is 0 Å². The summed E-state index contributed by atoms with van der Waals surface area (Å²) in [7, 11) is 3.80. The van der Waals surface area contributed by atoms with E-state index in [2.05, 4.69) is 28.0 Å². The normalized spacial score (nSPS) is 11.0. The van der Waals surface area contributed by atoms with Crippen LogP contribution in [0.2, 0.25) is 0 Å². The zero-order chi connectivity index (χ0) is 13.7. The van der Waals surface area contributed by atoms with Gasteiger partial charge < -0.3 is 4.74 Å². The van der Waals surface area contributed by atoms with E-state index in [0.29, 0.717) is 13.2 Å². The lowest BCUT2D eigenvalue weighted by molar-refractivity contribution is -0.144. The van der Waals surface area contributed by atoms with Gasteiger partial charge in [0, 0.05) is 13.6 Å². The quantitative estimate of drug-likeness (QED) is 0.750. The summed E-state index contributed by atoms with van der Waals surface area (Å²) in [6, 6.07) is 0. The van der Waals surface area contributed by atoms with Crippen LogP contribution in [0.5, 0.6) is 0 Å². The lowest BCUT2D eigenvalue weighted by atomic mass is 10.3. The topological polar surface area (TPSA) is 47.4 Å². The second kappa shape index (κ2) is 6.89. The number of carbonyl (C=O) groups excluding carboxylic acids is 1. The van der Waals surface area contributed by atoms with Gasteiger partial charge in [-0.3, -0.25) is 14.4 Å². The Labute approximate surface area is 116 Å². The van der Waals surface area contributed by atoms with Crippen molar-refractivity contribution in [2.24, 2.45) is 7.05 Å². The van der Waals surface area contributed by atoms with E-state index in [1.54, 1.807) is 0 Å². The second-order valence-electron chi connectivity index (χ2n) is 4.16. The third kappa shape index (κ3) is 3.81. The van der Waals surface area contributed by atoms with Gasteiger partial charge in [0.2, 0.25) is 0 Å². The average Bonchev–Trinajstić information content (AvgIpc) is 2.56. The van der Waals surface area contributed by atoms with Crippen LogP contribution in [-0.4, -0.2) is 40.8 Å². The molecule has 0 aliphatic rings. The number of aryl methyl sites for hydroxylation is 2. The summed E-state index contributed by atoms with van der Waals surface area (Å²) < 4.78 is 7.80. The van der Waals surface area contributed by atoms with Crippen molar-refractivity contribution in [3.8, 4) is 0 Å². The molecule has 0 atom stereocenters. The van der Waals surface area contributed by atoms with E-state index in [1.807, 2.05) is 30.6 Å². The third-order valence-corrected chi connectivity index (χ3v) is 3.54. The maximum absolute atomic E-state index is 11.4. The van der Waals surface area contributed by atoms with Crippen LogP contribution in [0.1, 0.15) is 25.2 Å². The molecule has 0 saturated heterocycles. The summed E-state index contributed by atoms with van der Waals surface area (Å²) in [5.74, 6) is -0.200. The lowest BCUT2D eigenvalue weighted by Crippen LogP contribution is -2.28. The summed E-state index contributed by atoms with van der Waals surface area (Å²) in [5.41, 5.74) is 2.11. The minimum absolute atomic E-state index is 0.200. The van der Waals surface area contributed by atoms with Crippen molar-refractivity contribution in [3.63, 3.8) is 0 Å². The molecule has 1 heterocycles. The molecule has 0 unspecified atom stereocenters. The number of carbonyl (C=O) groups is 1. The summed E-state index contributed by atoms with van der Waals surface area (Å²) in [4.78, 5) is 13.3. The largest absolute Gasteiger partial charge is 0.465 e. The van der Waals surface area contributed by atoms with Crippen molar-refractivity contribution in [2.45, 2.75) is 26.8 Å². The van der Waals surface area contributed by atoms with Crippen LogP contribution in [0.4, 0.5) is 0 Å². The highest BCUT2D eigenvalue weighted by Gasteiger charge is 2.15. The van der Waals surface area contributed by atoms with Crippen LogP contribution in [0.3, 0.4) is 0 Å². The molecule has 0 N–H and O–H groups in total. The molecule has 0 bridgehead atoms. The Morgan fingerprint density at radius 3 is 2.67 bits per heavy atom. The molecule has 0 aliphatic carbocycles. The van der Waals surface area contributed by atoms with E-state index < -0.39 is 0 Å². The van der Waals surface area contributed by atoms with Crippen molar-refractivity contribution in [1.82, 2.24) is 14.7 Å². The molecule has 5 nitrogen and oxygen atoms in total. The van der Waals surface area contributed by atoms with E-state index in [9.17, 15) is 4.79 Å². The molecule has 102 valence electrons. The Balaban J connectivity index is 2.67. The van der Waals surface area contributed by atoms with E-state index in [1.165, 1.54) is 0 Å². The van der Waals surface area contributed by atoms with E-state index in [4.69, 9.17) is 4.74 Å². The maximum Gasteiger partial charge on any atom is 0.320 e. The van der Waals surface area contributed by atoms with Crippen molar-refractivity contribution in [3.05, 3.63) is 15.9 Å². The predicted octanol–water partition coefficient (Wildman–Crippen LogP) is 1.74. The van der Waals surface area contributed by atoms with Crippen molar-refractivity contribution in [1.29, 1.82) is 0 Å². The van der Waals surface area contributed by atoms with Crippen LogP contribution in [-0.2, 0) is 29.5 Å². The summed E-state index contributed by atoms with van der Waals surface area (Å²) in [5, 5.41) is 4.42. The number of hydrogen-bond donors (Lipinski definition) is 0. The van der Waals surface area contributed by atoms with Gasteiger partial charge >= 0.3 is 5.97 Å². The Bertz CT molecular complexity index is 418. The van der Waals surface area contributed by atoms with Crippen molar-refractivity contribution < 1.29 is 9.53 Å². The minimum atomic E-state index is -0.200. The molecule has 1 aromatic heterocycles. The highest BCUT2D eigenvalue weighted by atomic mass is 79.9. The molecule has 1 rings (SSSR count). The fraction of sp³-hybridized carbons (Fsp3) is 0.667. The SMILES string of the molecule is CCOC(=O)CN(C)Cc1c(Br)c(CC)nn1C. The number of halogens is 1. The molecule has 18 heavy (non-hydrogen) atoms. The monoisotopic (exact) mass is 317 g/mol. The van der Waals surface area contributed by atoms with Crippen LogP contribution < -0.4 is 0 Å². The smallest absolute Gasteiger partial charge is 0.320 e. The third-order valence-electron chi connectivity index (χ3n) is 2.63. The second-order valence-corrected chi connectivity index (χ2v) is 4.95. The number of nitrogens with zero attached hydrogens (tertiary/aromatic N) is 3. The number of likely N-dealkylation sites (N-methyl/N-ethyl adjacent to an activating group) is 1. The molecule has 0 aliphatic heterocycles. The first-order valence-corrected chi connectivity index (χ1v) is 6.83. The molecule has 1 aromatic rings. The first-order chi connectivity index (χ1) is 8.49. The number of esters is 1. The molecule has 0 spiro atoms. The van der Waals surface area contributed by atoms with Crippen LogP contribution in [0.15, 0.2) is 4.47 Å². The Morgan fingerprint density at radius 1 is 1.50 bits per heavy atom. The average molecular weight is 318 g/mol. The zero-order valence-electron chi connectivity index (χ0n) is 11.4. The van der Waals surface area contributed by atoms with Gasteiger partial charge in [-0.25, -0.2) is 0 Å². The molecule has 0 fully saturated rings. The van der Waals surface area contributed by atoms with Gasteiger partial charge in [-0.15, -0.1) is 0 Å². The molecule has 0 radical (unpaired) electrons. The minimum Gasteiger partial charge on any atom is -0.465 e. The van der Waals surface area contributed by atoms with E-state index in [-0.39, 0.29) is 12.5 Å². The van der Waals surface area contributed by atoms with Gasteiger partial charge in [0.1, 0.15) is 0 Å². The summed E-state index contributed by atoms with van der Waals surface area (Å²) >= 11 is 3.56. The number of ether oxygens (including phenoxy) is 1. The summed E-state index contributed by atoms with van der Waals surface area (Å²) in [6.45, 7) is 5.24. The molecule has 0 aromatic carbocycles. The van der Waals surface area contributed by atoms with Gasteiger partial charge in [-0.05, 0) is 36.3 Å². The highest BCUT2D eigenvalue weighted by Crippen LogP contribution is 2.22. The molecule has 0 saturated carbocycles. The molecular formula is C12H20BrN3O2. The van der Waals surface area contributed by atoms with Crippen LogP contribution in [0.25, 0.3) is 0 Å². The predicted molar refractivity (Wildman–Crippen MR) is 73.3 cm³/mol. The van der Waals surface area contributed by atoms with Crippen molar-refractivity contribution in [2.75, 3.05) is 20.2 Å². The number of hydrogen-bond acceptors (Lipinski definition) is 4. The Morgan fingerprint density at radius 2 is 2.17 bits per heavy atom. The number of rotatable bonds is 6. The highest BCUT2D eigenvalue weighted by molar-refractivity contribution is 9.10. The molecule has 0 amide bonds. The number of aromatic nitrogens is 2. The first kappa shape index (κ1) is 15.2. The summed E-state index contributed by atoms with van der Waals surface area (Å²) in [6.07, 6.45) is 0.885. The Hall–Kier alpha value is -0.880.